The van der Waals surface area contributed by atoms with Crippen molar-refractivity contribution in [1.29, 1.82) is 0 Å². The van der Waals surface area contributed by atoms with Crippen LogP contribution in [0.4, 0.5) is 5.69 Å². The summed E-state index contributed by atoms with van der Waals surface area (Å²) in [5, 5.41) is 0. The molecule has 0 aliphatic rings. The Kier molecular flexibility index (Phi) is 3.31. The standard InChI is InChI=1S/C9H11BrN2O/c1-12-5-6-3-7(10)4-8(13-2)9(6)11/h3-5H,11H2,1-2H3. The summed E-state index contributed by atoms with van der Waals surface area (Å²) in [7, 11) is 3.29. The second-order valence-electron chi connectivity index (χ2n) is 2.50. The van der Waals surface area contributed by atoms with Crippen LogP contribution in [0, 0.1) is 0 Å². The summed E-state index contributed by atoms with van der Waals surface area (Å²) in [6.07, 6.45) is 1.70. The molecule has 0 amide bonds. The first-order valence-electron chi connectivity index (χ1n) is 3.74. The molecule has 0 aromatic heterocycles. The van der Waals surface area contributed by atoms with E-state index in [1.807, 2.05) is 12.1 Å². The number of nitrogens with two attached hydrogens (primary N) is 1. The monoisotopic (exact) mass is 242 g/mol. The van der Waals surface area contributed by atoms with E-state index in [0.717, 1.165) is 10.0 Å². The molecule has 13 heavy (non-hydrogen) atoms. The fourth-order valence-corrected chi connectivity index (χ4v) is 1.48. The second-order valence-corrected chi connectivity index (χ2v) is 3.41. The SMILES string of the molecule is CN=Cc1cc(Br)cc(OC)c1N. The molecule has 1 aromatic rings. The Labute approximate surface area is 85.7 Å². The molecule has 0 spiro atoms. The third-order valence-electron chi connectivity index (χ3n) is 1.63. The number of rotatable bonds is 2. The molecule has 0 aliphatic carbocycles. The Morgan fingerprint density at radius 1 is 1.54 bits per heavy atom. The fraction of sp³-hybridized carbons (Fsp3) is 0.222. The zero-order valence-electron chi connectivity index (χ0n) is 7.54. The first-order valence-corrected chi connectivity index (χ1v) is 4.53. The van der Waals surface area contributed by atoms with Crippen LogP contribution >= 0.6 is 15.9 Å². The van der Waals surface area contributed by atoms with Crippen LogP contribution in [0.2, 0.25) is 0 Å². The highest BCUT2D eigenvalue weighted by atomic mass is 79.9. The lowest BCUT2D eigenvalue weighted by Crippen LogP contribution is -1.97. The van der Waals surface area contributed by atoms with Crippen LogP contribution in [0.15, 0.2) is 21.6 Å². The fourth-order valence-electron chi connectivity index (χ4n) is 1.03. The number of benzene rings is 1. The van der Waals surface area contributed by atoms with Gasteiger partial charge in [-0.05, 0) is 12.1 Å². The molecule has 0 bridgehead atoms. The summed E-state index contributed by atoms with van der Waals surface area (Å²) >= 11 is 3.36. The number of anilines is 1. The smallest absolute Gasteiger partial charge is 0.143 e. The maximum absolute atomic E-state index is 5.81. The summed E-state index contributed by atoms with van der Waals surface area (Å²) in [5.74, 6) is 0.657. The van der Waals surface area contributed by atoms with Gasteiger partial charge in [-0.2, -0.15) is 0 Å². The minimum atomic E-state index is 0.608. The topological polar surface area (TPSA) is 47.6 Å². The summed E-state index contributed by atoms with van der Waals surface area (Å²) in [4.78, 5) is 3.90. The van der Waals surface area contributed by atoms with Gasteiger partial charge in [0.15, 0.2) is 0 Å². The zero-order valence-corrected chi connectivity index (χ0v) is 9.13. The lowest BCUT2D eigenvalue weighted by atomic mass is 10.2. The Morgan fingerprint density at radius 2 is 2.23 bits per heavy atom. The van der Waals surface area contributed by atoms with Crippen LogP contribution in [0.3, 0.4) is 0 Å². The number of halogens is 1. The van der Waals surface area contributed by atoms with E-state index in [1.54, 1.807) is 20.4 Å². The molecule has 0 saturated heterocycles. The van der Waals surface area contributed by atoms with Crippen molar-refractivity contribution in [1.82, 2.24) is 0 Å². The third kappa shape index (κ3) is 2.21. The lowest BCUT2D eigenvalue weighted by Gasteiger charge is -2.07. The molecule has 1 rings (SSSR count). The summed E-state index contributed by atoms with van der Waals surface area (Å²) in [6, 6.07) is 3.72. The summed E-state index contributed by atoms with van der Waals surface area (Å²) in [5.41, 5.74) is 7.27. The molecule has 70 valence electrons. The molecule has 0 unspecified atom stereocenters. The molecule has 0 heterocycles. The number of nitrogens with zero attached hydrogens (tertiary/aromatic N) is 1. The van der Waals surface area contributed by atoms with E-state index in [2.05, 4.69) is 20.9 Å². The van der Waals surface area contributed by atoms with E-state index in [1.165, 1.54) is 0 Å². The second kappa shape index (κ2) is 4.28. The molecule has 0 saturated carbocycles. The number of methoxy groups -OCH3 is 1. The van der Waals surface area contributed by atoms with Gasteiger partial charge in [0.2, 0.25) is 0 Å². The van der Waals surface area contributed by atoms with Crippen LogP contribution in [0.5, 0.6) is 5.75 Å². The lowest BCUT2D eigenvalue weighted by molar-refractivity contribution is 0.416. The molecular formula is C9H11BrN2O. The van der Waals surface area contributed by atoms with E-state index < -0.39 is 0 Å². The predicted octanol–water partition coefficient (Wildman–Crippen LogP) is 2.09. The number of hydrogen-bond acceptors (Lipinski definition) is 3. The quantitative estimate of drug-likeness (QED) is 0.638. The maximum Gasteiger partial charge on any atom is 0.143 e. The Balaban J connectivity index is 3.26. The van der Waals surface area contributed by atoms with Gasteiger partial charge in [-0.1, -0.05) is 15.9 Å². The van der Waals surface area contributed by atoms with Crippen LogP contribution < -0.4 is 10.5 Å². The van der Waals surface area contributed by atoms with Crippen LogP contribution in [-0.2, 0) is 0 Å². The first-order chi connectivity index (χ1) is 6.19. The number of nitrogen functional groups attached to an aromatic ring is 1. The van der Waals surface area contributed by atoms with Crippen molar-refractivity contribution in [2.45, 2.75) is 0 Å². The number of hydrogen-bond donors (Lipinski definition) is 1. The average Bonchev–Trinajstić information content (AvgIpc) is 2.11. The predicted molar refractivity (Wildman–Crippen MR) is 58.6 cm³/mol. The van der Waals surface area contributed by atoms with Crippen molar-refractivity contribution in [2.24, 2.45) is 4.99 Å². The van der Waals surface area contributed by atoms with Gasteiger partial charge in [-0.25, -0.2) is 0 Å². The molecule has 1 aromatic carbocycles. The van der Waals surface area contributed by atoms with Gasteiger partial charge in [0.1, 0.15) is 5.75 Å². The number of aliphatic imine (C=N–C) groups is 1. The van der Waals surface area contributed by atoms with Crippen molar-refractivity contribution < 1.29 is 4.74 Å². The largest absolute Gasteiger partial charge is 0.495 e. The van der Waals surface area contributed by atoms with Crippen LogP contribution in [0.1, 0.15) is 5.56 Å². The van der Waals surface area contributed by atoms with Gasteiger partial charge < -0.3 is 10.5 Å². The summed E-state index contributed by atoms with van der Waals surface area (Å²) < 4.78 is 6.02. The van der Waals surface area contributed by atoms with Crippen molar-refractivity contribution >= 4 is 27.8 Å². The molecule has 2 N–H and O–H groups in total. The van der Waals surface area contributed by atoms with Crippen LogP contribution in [0.25, 0.3) is 0 Å². The van der Waals surface area contributed by atoms with E-state index in [-0.39, 0.29) is 0 Å². The average molecular weight is 243 g/mol. The van der Waals surface area contributed by atoms with Gasteiger partial charge in [0.05, 0.1) is 12.8 Å². The maximum atomic E-state index is 5.81. The Bertz CT molecular complexity index is 337. The van der Waals surface area contributed by atoms with E-state index >= 15 is 0 Å². The van der Waals surface area contributed by atoms with E-state index in [9.17, 15) is 0 Å². The molecule has 0 atom stereocenters. The molecular weight excluding hydrogens is 232 g/mol. The highest BCUT2D eigenvalue weighted by molar-refractivity contribution is 9.10. The third-order valence-corrected chi connectivity index (χ3v) is 2.08. The number of ether oxygens (including phenoxy) is 1. The van der Waals surface area contributed by atoms with Gasteiger partial charge in [-0.3, -0.25) is 4.99 Å². The van der Waals surface area contributed by atoms with Gasteiger partial charge in [0.25, 0.3) is 0 Å². The molecule has 0 radical (unpaired) electrons. The molecule has 3 nitrogen and oxygen atoms in total. The Morgan fingerprint density at radius 3 is 2.77 bits per heavy atom. The van der Waals surface area contributed by atoms with Gasteiger partial charge >= 0.3 is 0 Å². The molecule has 0 fully saturated rings. The Hall–Kier alpha value is -1.03. The first kappa shape index (κ1) is 10.1. The summed E-state index contributed by atoms with van der Waals surface area (Å²) in [6.45, 7) is 0. The van der Waals surface area contributed by atoms with E-state index in [4.69, 9.17) is 10.5 Å². The minimum absolute atomic E-state index is 0.608. The van der Waals surface area contributed by atoms with Gasteiger partial charge in [-0.15, -0.1) is 0 Å². The molecule has 0 aliphatic heterocycles. The highest BCUT2D eigenvalue weighted by Crippen LogP contribution is 2.28. The van der Waals surface area contributed by atoms with Gasteiger partial charge in [0, 0.05) is 23.3 Å². The van der Waals surface area contributed by atoms with Crippen molar-refractivity contribution in [3.8, 4) is 5.75 Å². The van der Waals surface area contributed by atoms with Crippen molar-refractivity contribution in [3.63, 3.8) is 0 Å². The van der Waals surface area contributed by atoms with E-state index in [0.29, 0.717) is 11.4 Å². The van der Waals surface area contributed by atoms with Crippen molar-refractivity contribution in [2.75, 3.05) is 19.9 Å². The van der Waals surface area contributed by atoms with Crippen molar-refractivity contribution in [3.05, 3.63) is 22.2 Å². The minimum Gasteiger partial charge on any atom is -0.495 e. The zero-order chi connectivity index (χ0) is 9.84. The normalized spacial score (nSPS) is 10.7. The highest BCUT2D eigenvalue weighted by Gasteiger charge is 2.05. The molecule has 4 heteroatoms. The van der Waals surface area contributed by atoms with Crippen LogP contribution in [-0.4, -0.2) is 20.4 Å².